The van der Waals surface area contributed by atoms with Gasteiger partial charge in [-0.05, 0) is 56.9 Å². The number of benzene rings is 2. The monoisotopic (exact) mass is 403 g/mol. The van der Waals surface area contributed by atoms with E-state index in [9.17, 15) is 4.79 Å². The van der Waals surface area contributed by atoms with Crippen molar-refractivity contribution in [2.75, 3.05) is 5.32 Å². The van der Waals surface area contributed by atoms with Crippen molar-refractivity contribution in [1.29, 1.82) is 0 Å². The Kier molecular flexibility index (Phi) is 4.19. The molecule has 0 aliphatic carbocycles. The lowest BCUT2D eigenvalue weighted by atomic mass is 10.0. The number of rotatable bonds is 2. The molecule has 0 bridgehead atoms. The van der Waals surface area contributed by atoms with Crippen LogP contribution in [0.5, 0.6) is 0 Å². The van der Waals surface area contributed by atoms with E-state index in [4.69, 9.17) is 34.8 Å². The molecular formula is C15H9BrCl3NO. The predicted molar refractivity (Wildman–Crippen MR) is 90.6 cm³/mol. The zero-order chi connectivity index (χ0) is 15.1. The molecule has 2 nitrogen and oxygen atoms in total. The molecular weight excluding hydrogens is 396 g/mol. The van der Waals surface area contributed by atoms with Crippen LogP contribution in [0, 0.1) is 0 Å². The summed E-state index contributed by atoms with van der Waals surface area (Å²) in [6, 6.07) is 9.16. The van der Waals surface area contributed by atoms with Crippen LogP contribution in [0.2, 0.25) is 10.0 Å². The van der Waals surface area contributed by atoms with E-state index in [-0.39, 0.29) is 5.91 Å². The number of hydrogen-bond acceptors (Lipinski definition) is 1. The highest BCUT2D eigenvalue weighted by molar-refractivity contribution is 9.10. The Hall–Kier alpha value is -0.740. The lowest BCUT2D eigenvalue weighted by Gasteiger charge is -2.14. The minimum absolute atomic E-state index is 0.0315. The van der Waals surface area contributed by atoms with Gasteiger partial charge in [-0.25, -0.2) is 0 Å². The van der Waals surface area contributed by atoms with Gasteiger partial charge in [-0.15, -0.1) is 11.6 Å². The average Bonchev–Trinajstić information content (AvgIpc) is 2.79. The highest BCUT2D eigenvalue weighted by Gasteiger charge is 2.23. The first-order chi connectivity index (χ1) is 9.95. The molecule has 108 valence electrons. The Morgan fingerprint density at radius 1 is 1.14 bits per heavy atom. The van der Waals surface area contributed by atoms with Crippen molar-refractivity contribution in [2.45, 2.75) is 11.8 Å². The van der Waals surface area contributed by atoms with E-state index in [0.29, 0.717) is 16.5 Å². The summed E-state index contributed by atoms with van der Waals surface area (Å²) in [5.74, 6) is -0.0315. The van der Waals surface area contributed by atoms with Crippen LogP contribution in [0.3, 0.4) is 0 Å². The maximum atomic E-state index is 11.4. The number of fused-ring (bicyclic) bond motifs is 1. The molecule has 6 heteroatoms. The number of carbonyl (C=O) groups is 1. The fourth-order valence-electron chi connectivity index (χ4n) is 2.31. The molecule has 21 heavy (non-hydrogen) atoms. The van der Waals surface area contributed by atoms with Crippen LogP contribution in [-0.4, -0.2) is 5.91 Å². The summed E-state index contributed by atoms with van der Waals surface area (Å²) in [5, 5.41) is 3.45. The van der Waals surface area contributed by atoms with Crippen LogP contribution in [0.4, 0.5) is 5.69 Å². The van der Waals surface area contributed by atoms with Gasteiger partial charge in [-0.1, -0.05) is 29.3 Å². The molecule has 0 fully saturated rings. The number of alkyl halides is 1. The summed E-state index contributed by atoms with van der Waals surface area (Å²) >= 11 is 22.3. The summed E-state index contributed by atoms with van der Waals surface area (Å²) in [4.78, 5) is 11.4. The van der Waals surface area contributed by atoms with Crippen molar-refractivity contribution in [3.05, 3.63) is 61.5 Å². The number of amides is 1. The van der Waals surface area contributed by atoms with Crippen LogP contribution in [0.25, 0.3) is 0 Å². The molecule has 0 radical (unpaired) electrons. The van der Waals surface area contributed by atoms with Gasteiger partial charge in [-0.3, -0.25) is 4.79 Å². The van der Waals surface area contributed by atoms with E-state index in [1.165, 1.54) is 0 Å². The highest BCUT2D eigenvalue weighted by Crippen LogP contribution is 2.39. The quantitative estimate of drug-likeness (QED) is 0.650. The van der Waals surface area contributed by atoms with Crippen molar-refractivity contribution in [1.82, 2.24) is 0 Å². The van der Waals surface area contributed by atoms with Crippen molar-refractivity contribution >= 4 is 62.3 Å². The van der Waals surface area contributed by atoms with Gasteiger partial charge in [0.1, 0.15) is 0 Å². The Morgan fingerprint density at radius 3 is 2.62 bits per heavy atom. The third kappa shape index (κ3) is 2.93. The van der Waals surface area contributed by atoms with Gasteiger partial charge in [0.25, 0.3) is 0 Å². The zero-order valence-corrected chi connectivity index (χ0v) is 14.4. The molecule has 1 atom stereocenters. The normalized spacial score (nSPS) is 14.8. The third-order valence-corrected chi connectivity index (χ3v) is 5.40. The van der Waals surface area contributed by atoms with E-state index in [2.05, 4.69) is 21.2 Å². The van der Waals surface area contributed by atoms with Gasteiger partial charge < -0.3 is 5.32 Å². The van der Waals surface area contributed by atoms with E-state index < -0.39 is 5.38 Å². The summed E-state index contributed by atoms with van der Waals surface area (Å²) in [6.07, 6.45) is 0.351. The van der Waals surface area contributed by atoms with Crippen molar-refractivity contribution in [2.24, 2.45) is 0 Å². The lowest BCUT2D eigenvalue weighted by Crippen LogP contribution is -2.03. The van der Waals surface area contributed by atoms with Crippen molar-refractivity contribution in [3.8, 4) is 0 Å². The average molecular weight is 406 g/mol. The first kappa shape index (κ1) is 15.2. The van der Waals surface area contributed by atoms with Crippen molar-refractivity contribution in [3.63, 3.8) is 0 Å². The standard InChI is InChI=1S/C15H9BrCl3NO/c16-10-2-1-7(4-12(10)18)15(19)9-3-8-5-14(21)20-13(8)6-11(9)17/h1-4,6,15H,5H2,(H,20,21). The Bertz CT molecular complexity index is 748. The zero-order valence-electron chi connectivity index (χ0n) is 10.6. The Balaban J connectivity index is 2.02. The highest BCUT2D eigenvalue weighted by atomic mass is 79.9. The van der Waals surface area contributed by atoms with Crippen LogP contribution in [-0.2, 0) is 11.2 Å². The maximum Gasteiger partial charge on any atom is 0.228 e. The molecule has 0 saturated heterocycles. The number of halogens is 4. The molecule has 1 aliphatic heterocycles. The Labute approximate surface area is 145 Å². The molecule has 2 aromatic rings. The van der Waals surface area contributed by atoms with Crippen LogP contribution >= 0.6 is 50.7 Å². The number of hydrogen-bond donors (Lipinski definition) is 1. The largest absolute Gasteiger partial charge is 0.325 e. The minimum atomic E-state index is -0.427. The van der Waals surface area contributed by atoms with Crippen LogP contribution < -0.4 is 5.32 Å². The molecule has 2 aromatic carbocycles. The summed E-state index contributed by atoms with van der Waals surface area (Å²) in [5.41, 5.74) is 3.29. The fourth-order valence-corrected chi connectivity index (χ4v) is 3.39. The molecule has 0 spiro atoms. The van der Waals surface area contributed by atoms with Gasteiger partial charge >= 0.3 is 0 Å². The van der Waals surface area contributed by atoms with Gasteiger partial charge in [0.2, 0.25) is 5.91 Å². The SMILES string of the molecule is O=C1Cc2cc(C(Cl)c3ccc(Br)c(Cl)c3)c(Cl)cc2N1. The summed E-state index contributed by atoms with van der Waals surface area (Å²) in [6.45, 7) is 0. The van der Waals surface area contributed by atoms with E-state index in [0.717, 1.165) is 26.9 Å². The second-order valence-corrected chi connectivity index (χ2v) is 6.90. The van der Waals surface area contributed by atoms with Gasteiger partial charge in [-0.2, -0.15) is 0 Å². The van der Waals surface area contributed by atoms with Gasteiger partial charge in [0, 0.05) is 15.2 Å². The Morgan fingerprint density at radius 2 is 1.90 bits per heavy atom. The first-order valence-corrected chi connectivity index (χ1v) is 8.15. The molecule has 0 aromatic heterocycles. The summed E-state index contributed by atoms with van der Waals surface area (Å²) in [7, 11) is 0. The van der Waals surface area contributed by atoms with Crippen LogP contribution in [0.15, 0.2) is 34.8 Å². The smallest absolute Gasteiger partial charge is 0.228 e. The molecule has 1 amide bonds. The maximum absolute atomic E-state index is 11.4. The molecule has 1 aliphatic rings. The second-order valence-electron chi connectivity index (χ2n) is 4.79. The second kappa shape index (κ2) is 5.81. The first-order valence-electron chi connectivity index (χ1n) is 6.17. The number of anilines is 1. The minimum Gasteiger partial charge on any atom is -0.325 e. The third-order valence-electron chi connectivity index (χ3n) is 3.36. The fraction of sp³-hybridized carbons (Fsp3) is 0.133. The number of carbonyl (C=O) groups excluding carboxylic acids is 1. The van der Waals surface area contributed by atoms with Crippen LogP contribution in [0.1, 0.15) is 22.1 Å². The molecule has 1 N–H and O–H groups in total. The molecule has 3 rings (SSSR count). The van der Waals surface area contributed by atoms with Gasteiger partial charge in [0.05, 0.1) is 16.8 Å². The molecule has 0 saturated carbocycles. The van der Waals surface area contributed by atoms with Crippen molar-refractivity contribution < 1.29 is 4.79 Å². The molecule has 1 heterocycles. The van der Waals surface area contributed by atoms with Gasteiger partial charge in [0.15, 0.2) is 0 Å². The number of nitrogens with one attached hydrogen (secondary N) is 1. The van der Waals surface area contributed by atoms with E-state index in [1.54, 1.807) is 12.1 Å². The van der Waals surface area contributed by atoms with E-state index >= 15 is 0 Å². The molecule has 1 unspecified atom stereocenters. The topological polar surface area (TPSA) is 29.1 Å². The van der Waals surface area contributed by atoms with E-state index in [1.807, 2.05) is 18.2 Å². The summed E-state index contributed by atoms with van der Waals surface area (Å²) < 4.78 is 0.812. The predicted octanol–water partition coefficient (Wildman–Crippen LogP) is 5.58. The lowest BCUT2D eigenvalue weighted by molar-refractivity contribution is -0.115.